The molecule has 20 heavy (non-hydrogen) atoms. The van der Waals surface area contributed by atoms with Crippen molar-refractivity contribution >= 4 is 27.4 Å². The molecule has 1 N–H and O–H groups in total. The van der Waals surface area contributed by atoms with Gasteiger partial charge in [-0.1, -0.05) is 0 Å². The zero-order chi connectivity index (χ0) is 13.9. The Morgan fingerprint density at radius 1 is 1.10 bits per heavy atom. The molecule has 0 atom stereocenters. The lowest BCUT2D eigenvalue weighted by atomic mass is 10.1. The number of fused-ring (bicyclic) bond motifs is 1. The standard InChI is InChI=1S/C14H11F2N3S/c15-10-5-9(6-11(16)7-10)1-3-17-14-13-12(2-4-20-13)18-8-19-14/h2,4-8H,1,3H2,(H,17,18,19). The third kappa shape index (κ3) is 2.75. The van der Waals surface area contributed by atoms with Crippen molar-refractivity contribution in [3.8, 4) is 0 Å². The van der Waals surface area contributed by atoms with Crippen molar-refractivity contribution in [1.29, 1.82) is 0 Å². The molecule has 0 saturated heterocycles. The molecule has 0 aliphatic carbocycles. The number of aromatic nitrogens is 2. The van der Waals surface area contributed by atoms with Gasteiger partial charge < -0.3 is 5.32 Å². The van der Waals surface area contributed by atoms with Crippen molar-refractivity contribution in [3.63, 3.8) is 0 Å². The van der Waals surface area contributed by atoms with Gasteiger partial charge >= 0.3 is 0 Å². The predicted molar refractivity (Wildman–Crippen MR) is 76.0 cm³/mol. The predicted octanol–water partition coefficient (Wildman–Crippen LogP) is 3.62. The fourth-order valence-electron chi connectivity index (χ4n) is 2.00. The lowest BCUT2D eigenvalue weighted by Crippen LogP contribution is -2.07. The van der Waals surface area contributed by atoms with Gasteiger partial charge in [0.15, 0.2) is 0 Å². The molecule has 2 heterocycles. The van der Waals surface area contributed by atoms with E-state index in [0.717, 1.165) is 22.1 Å². The summed E-state index contributed by atoms with van der Waals surface area (Å²) in [4.78, 5) is 8.34. The van der Waals surface area contributed by atoms with Gasteiger partial charge in [-0.2, -0.15) is 0 Å². The summed E-state index contributed by atoms with van der Waals surface area (Å²) in [5.41, 5.74) is 1.51. The SMILES string of the molecule is Fc1cc(F)cc(CCNc2ncnc3ccsc23)c1. The first kappa shape index (κ1) is 12.9. The van der Waals surface area contributed by atoms with Crippen molar-refractivity contribution in [1.82, 2.24) is 9.97 Å². The van der Waals surface area contributed by atoms with Gasteiger partial charge in [-0.05, 0) is 35.6 Å². The second-order valence-electron chi connectivity index (χ2n) is 4.31. The summed E-state index contributed by atoms with van der Waals surface area (Å²) in [5.74, 6) is -0.354. The first-order valence-electron chi connectivity index (χ1n) is 6.09. The summed E-state index contributed by atoms with van der Waals surface area (Å²) >= 11 is 1.56. The van der Waals surface area contributed by atoms with E-state index in [9.17, 15) is 8.78 Å². The van der Waals surface area contributed by atoms with E-state index in [1.165, 1.54) is 18.5 Å². The van der Waals surface area contributed by atoms with Crippen LogP contribution in [0.25, 0.3) is 10.2 Å². The lowest BCUT2D eigenvalue weighted by molar-refractivity contribution is 0.580. The maximum absolute atomic E-state index is 13.1. The Morgan fingerprint density at radius 2 is 1.90 bits per heavy atom. The zero-order valence-electron chi connectivity index (χ0n) is 10.4. The van der Waals surface area contributed by atoms with E-state index in [-0.39, 0.29) is 0 Å². The first-order valence-corrected chi connectivity index (χ1v) is 6.97. The van der Waals surface area contributed by atoms with Crippen molar-refractivity contribution in [2.24, 2.45) is 0 Å². The zero-order valence-corrected chi connectivity index (χ0v) is 11.3. The molecule has 6 heteroatoms. The van der Waals surface area contributed by atoms with E-state index in [4.69, 9.17) is 0 Å². The highest BCUT2D eigenvalue weighted by Crippen LogP contribution is 2.24. The van der Waals surface area contributed by atoms with Crippen LogP contribution in [0.5, 0.6) is 0 Å². The van der Waals surface area contributed by atoms with Crippen molar-refractivity contribution in [3.05, 3.63) is 53.2 Å². The van der Waals surface area contributed by atoms with Gasteiger partial charge in [0.05, 0.1) is 10.2 Å². The Bertz CT molecular complexity index is 722. The maximum atomic E-state index is 13.1. The second-order valence-corrected chi connectivity index (χ2v) is 5.23. The van der Waals surface area contributed by atoms with Crippen LogP contribution in [-0.2, 0) is 6.42 Å². The third-order valence-electron chi connectivity index (χ3n) is 2.87. The summed E-state index contributed by atoms with van der Waals surface area (Å²) in [6, 6.07) is 5.47. The fraction of sp³-hybridized carbons (Fsp3) is 0.143. The number of anilines is 1. The highest BCUT2D eigenvalue weighted by Gasteiger charge is 2.05. The Balaban J connectivity index is 1.69. The summed E-state index contributed by atoms with van der Waals surface area (Å²) in [6.07, 6.45) is 2.02. The number of hydrogen-bond donors (Lipinski definition) is 1. The van der Waals surface area contributed by atoms with E-state index in [0.29, 0.717) is 18.5 Å². The van der Waals surface area contributed by atoms with E-state index in [2.05, 4.69) is 15.3 Å². The van der Waals surface area contributed by atoms with Gasteiger partial charge in [0.2, 0.25) is 0 Å². The molecule has 3 rings (SSSR count). The molecule has 0 saturated carbocycles. The fourth-order valence-corrected chi connectivity index (χ4v) is 2.81. The second kappa shape index (κ2) is 5.50. The topological polar surface area (TPSA) is 37.8 Å². The molecule has 0 spiro atoms. The molecule has 2 aromatic heterocycles. The van der Waals surface area contributed by atoms with Crippen LogP contribution in [-0.4, -0.2) is 16.5 Å². The molecule has 0 aliphatic heterocycles. The summed E-state index contributed by atoms with van der Waals surface area (Å²) in [7, 11) is 0. The van der Waals surface area contributed by atoms with Crippen LogP contribution in [0.4, 0.5) is 14.6 Å². The molecular formula is C14H11F2N3S. The van der Waals surface area contributed by atoms with Gasteiger partial charge in [-0.15, -0.1) is 11.3 Å². The third-order valence-corrected chi connectivity index (χ3v) is 3.78. The number of halogens is 2. The Kier molecular flexibility index (Phi) is 3.56. The minimum Gasteiger partial charge on any atom is -0.368 e. The summed E-state index contributed by atoms with van der Waals surface area (Å²) in [6.45, 7) is 0.549. The maximum Gasteiger partial charge on any atom is 0.147 e. The summed E-state index contributed by atoms with van der Waals surface area (Å²) in [5, 5.41) is 5.13. The molecule has 1 aromatic carbocycles. The van der Waals surface area contributed by atoms with Gasteiger partial charge in [-0.3, -0.25) is 0 Å². The molecule has 3 aromatic rings. The Morgan fingerprint density at radius 3 is 2.70 bits per heavy atom. The van der Waals surface area contributed by atoms with Crippen molar-refractivity contribution in [2.75, 3.05) is 11.9 Å². The normalized spacial score (nSPS) is 10.9. The minimum atomic E-state index is -0.553. The van der Waals surface area contributed by atoms with Gasteiger partial charge in [0.1, 0.15) is 23.8 Å². The van der Waals surface area contributed by atoms with Crippen LogP contribution in [0.3, 0.4) is 0 Å². The molecule has 3 nitrogen and oxygen atoms in total. The van der Waals surface area contributed by atoms with E-state index in [1.54, 1.807) is 11.3 Å². The number of hydrogen-bond acceptors (Lipinski definition) is 4. The van der Waals surface area contributed by atoms with Gasteiger partial charge in [0.25, 0.3) is 0 Å². The minimum absolute atomic E-state index is 0.519. The molecule has 0 radical (unpaired) electrons. The molecule has 0 unspecified atom stereocenters. The van der Waals surface area contributed by atoms with Crippen LogP contribution in [0, 0.1) is 11.6 Å². The van der Waals surface area contributed by atoms with Crippen LogP contribution in [0.15, 0.2) is 36.0 Å². The summed E-state index contributed by atoms with van der Waals surface area (Å²) < 4.78 is 27.1. The lowest BCUT2D eigenvalue weighted by Gasteiger charge is -2.06. The van der Waals surface area contributed by atoms with Crippen LogP contribution >= 0.6 is 11.3 Å². The number of thiophene rings is 1. The molecule has 0 fully saturated rings. The Labute approximate surface area is 118 Å². The van der Waals surface area contributed by atoms with E-state index >= 15 is 0 Å². The average molecular weight is 291 g/mol. The molecule has 0 aliphatic rings. The van der Waals surface area contributed by atoms with Crippen molar-refractivity contribution in [2.45, 2.75) is 6.42 Å². The molecule has 0 bridgehead atoms. The monoisotopic (exact) mass is 291 g/mol. The Hall–Kier alpha value is -2.08. The molecule has 102 valence electrons. The number of nitrogens with zero attached hydrogens (tertiary/aromatic N) is 2. The highest BCUT2D eigenvalue weighted by atomic mass is 32.1. The van der Waals surface area contributed by atoms with E-state index < -0.39 is 11.6 Å². The molecular weight excluding hydrogens is 280 g/mol. The number of rotatable bonds is 4. The quantitative estimate of drug-likeness (QED) is 0.797. The van der Waals surface area contributed by atoms with Crippen molar-refractivity contribution < 1.29 is 8.78 Å². The smallest absolute Gasteiger partial charge is 0.147 e. The highest BCUT2D eigenvalue weighted by molar-refractivity contribution is 7.17. The number of benzene rings is 1. The van der Waals surface area contributed by atoms with Gasteiger partial charge in [0, 0.05) is 12.6 Å². The number of nitrogens with one attached hydrogen (secondary N) is 1. The van der Waals surface area contributed by atoms with Gasteiger partial charge in [-0.25, -0.2) is 18.7 Å². The van der Waals surface area contributed by atoms with Crippen LogP contribution in [0.1, 0.15) is 5.56 Å². The van der Waals surface area contributed by atoms with Crippen LogP contribution < -0.4 is 5.32 Å². The molecule has 0 amide bonds. The van der Waals surface area contributed by atoms with Crippen LogP contribution in [0.2, 0.25) is 0 Å². The first-order chi connectivity index (χ1) is 9.72. The largest absolute Gasteiger partial charge is 0.368 e. The average Bonchev–Trinajstić information content (AvgIpc) is 2.86. The van der Waals surface area contributed by atoms with E-state index in [1.807, 2.05) is 11.4 Å².